The zero-order valence-electron chi connectivity index (χ0n) is 18.6. The molecule has 4 aromatic heterocycles. The lowest BCUT2D eigenvalue weighted by Crippen LogP contribution is -2.02. The maximum absolute atomic E-state index is 6.21. The van der Waals surface area contributed by atoms with Crippen molar-refractivity contribution in [2.75, 3.05) is 7.11 Å². The Morgan fingerprint density at radius 1 is 0.914 bits per heavy atom. The predicted molar refractivity (Wildman–Crippen MR) is 135 cm³/mol. The van der Waals surface area contributed by atoms with Crippen LogP contribution in [0.1, 0.15) is 5.56 Å². The van der Waals surface area contributed by atoms with Crippen LogP contribution in [0.4, 0.5) is 0 Å². The number of ether oxygens (including phenoxy) is 2. The maximum atomic E-state index is 6.21. The molecule has 0 aliphatic carbocycles. The van der Waals surface area contributed by atoms with Gasteiger partial charge in [-0.2, -0.15) is 10.1 Å². The molecule has 0 saturated heterocycles. The summed E-state index contributed by atoms with van der Waals surface area (Å²) < 4.78 is 19.8. The van der Waals surface area contributed by atoms with E-state index in [0.717, 1.165) is 27.9 Å². The van der Waals surface area contributed by atoms with Gasteiger partial charge in [-0.15, -0.1) is 0 Å². The minimum atomic E-state index is 0.513. The first-order chi connectivity index (χ1) is 17.2. The van der Waals surface area contributed by atoms with Crippen LogP contribution >= 0.6 is 15.9 Å². The summed E-state index contributed by atoms with van der Waals surface area (Å²) in [5.41, 5.74) is 3.88. The Balaban J connectivity index is 1.27. The Kier molecular flexibility index (Phi) is 5.38. The van der Waals surface area contributed by atoms with Crippen LogP contribution in [0.5, 0.6) is 17.2 Å². The molecule has 0 spiro atoms. The molecule has 9 heteroatoms. The van der Waals surface area contributed by atoms with Gasteiger partial charge in [-0.05, 0) is 70.0 Å². The molecule has 6 rings (SSSR count). The third-order valence-corrected chi connectivity index (χ3v) is 6.09. The summed E-state index contributed by atoms with van der Waals surface area (Å²) >= 11 is 3.58. The van der Waals surface area contributed by atoms with Crippen molar-refractivity contribution in [2.24, 2.45) is 0 Å². The Labute approximate surface area is 208 Å². The molecule has 35 heavy (non-hydrogen) atoms. The van der Waals surface area contributed by atoms with Gasteiger partial charge in [-0.25, -0.2) is 14.6 Å². The van der Waals surface area contributed by atoms with Crippen LogP contribution in [0, 0.1) is 0 Å². The fourth-order valence-corrected chi connectivity index (χ4v) is 4.37. The number of pyridine rings is 2. The highest BCUT2D eigenvalue weighted by Gasteiger charge is 2.16. The lowest BCUT2D eigenvalue weighted by Gasteiger charge is -2.08. The van der Waals surface area contributed by atoms with Gasteiger partial charge in [0, 0.05) is 24.0 Å². The van der Waals surface area contributed by atoms with Crippen molar-refractivity contribution in [1.29, 1.82) is 0 Å². The maximum Gasteiger partial charge on any atom is 0.228 e. The summed E-state index contributed by atoms with van der Waals surface area (Å²) in [7, 11) is 1.65. The second kappa shape index (κ2) is 8.84. The Morgan fingerprint density at radius 3 is 2.49 bits per heavy atom. The van der Waals surface area contributed by atoms with Gasteiger partial charge in [-0.3, -0.25) is 0 Å². The molecule has 0 radical (unpaired) electrons. The van der Waals surface area contributed by atoms with Crippen LogP contribution < -0.4 is 9.47 Å². The van der Waals surface area contributed by atoms with E-state index < -0.39 is 0 Å². The first-order valence-electron chi connectivity index (χ1n) is 10.8. The van der Waals surface area contributed by atoms with E-state index in [4.69, 9.17) is 13.9 Å². The average Bonchev–Trinajstić information content (AvgIpc) is 3.47. The van der Waals surface area contributed by atoms with Crippen LogP contribution in [0.2, 0.25) is 0 Å². The van der Waals surface area contributed by atoms with E-state index in [-0.39, 0.29) is 0 Å². The topological polar surface area (TPSA) is 88.1 Å². The molecule has 172 valence electrons. The minimum absolute atomic E-state index is 0.513. The highest BCUT2D eigenvalue weighted by atomic mass is 79.9. The summed E-state index contributed by atoms with van der Waals surface area (Å²) in [6, 6.07) is 20.9. The van der Waals surface area contributed by atoms with Gasteiger partial charge in [-0.1, -0.05) is 12.1 Å². The molecule has 0 aliphatic heterocycles. The second-order valence-electron chi connectivity index (χ2n) is 7.77. The van der Waals surface area contributed by atoms with Crippen molar-refractivity contribution in [3.63, 3.8) is 0 Å². The third kappa shape index (κ3) is 4.10. The quantitative estimate of drug-likeness (QED) is 0.253. The molecular formula is C26H18BrN5O3. The standard InChI is InChI=1S/C26H18BrN5O3/c1-33-18-8-4-16(5-9-18)15-32-25-22(23(27)31-32)20(12-14-29-25)34-19-10-6-17(7-11-19)26-30-24-21(35-26)3-2-13-28-24/h2-14H,15H2,1H3. The highest BCUT2D eigenvalue weighted by Crippen LogP contribution is 2.35. The SMILES string of the molecule is COc1ccc(Cn2nc(Br)c3c(Oc4ccc(-c5nc6ncccc6o5)cc4)ccnc32)cc1. The molecule has 4 heterocycles. The molecule has 0 aliphatic rings. The fraction of sp³-hybridized carbons (Fsp3) is 0.0769. The van der Waals surface area contributed by atoms with Crippen LogP contribution in [-0.4, -0.2) is 31.8 Å². The van der Waals surface area contributed by atoms with Gasteiger partial charge < -0.3 is 13.9 Å². The van der Waals surface area contributed by atoms with Crippen LogP contribution in [0.15, 0.2) is 88.1 Å². The number of aromatic nitrogens is 5. The Hall–Kier alpha value is -4.24. The number of oxazole rings is 1. The number of nitrogens with zero attached hydrogens (tertiary/aromatic N) is 5. The molecule has 0 fully saturated rings. The number of hydrogen-bond acceptors (Lipinski definition) is 7. The van der Waals surface area contributed by atoms with Crippen molar-refractivity contribution in [3.8, 4) is 28.7 Å². The van der Waals surface area contributed by atoms with Gasteiger partial charge in [0.1, 0.15) is 21.9 Å². The van der Waals surface area contributed by atoms with Gasteiger partial charge in [0.15, 0.2) is 16.9 Å². The van der Waals surface area contributed by atoms with Crippen molar-refractivity contribution in [3.05, 3.63) is 89.3 Å². The first kappa shape index (κ1) is 21.3. The molecule has 0 saturated carbocycles. The van der Waals surface area contributed by atoms with Crippen LogP contribution in [0.25, 0.3) is 33.7 Å². The monoisotopic (exact) mass is 527 g/mol. The van der Waals surface area contributed by atoms with E-state index in [1.807, 2.05) is 71.4 Å². The molecule has 0 amide bonds. The second-order valence-corrected chi connectivity index (χ2v) is 8.53. The smallest absolute Gasteiger partial charge is 0.228 e. The van der Waals surface area contributed by atoms with E-state index in [0.29, 0.717) is 39.8 Å². The third-order valence-electron chi connectivity index (χ3n) is 5.54. The zero-order chi connectivity index (χ0) is 23.8. The minimum Gasteiger partial charge on any atom is -0.497 e. The van der Waals surface area contributed by atoms with Gasteiger partial charge in [0.05, 0.1) is 19.0 Å². The Morgan fingerprint density at radius 2 is 1.71 bits per heavy atom. The number of halogens is 1. The highest BCUT2D eigenvalue weighted by molar-refractivity contribution is 9.10. The molecule has 0 atom stereocenters. The summed E-state index contributed by atoms with van der Waals surface area (Å²) in [6.07, 6.45) is 3.41. The van der Waals surface area contributed by atoms with Gasteiger partial charge >= 0.3 is 0 Å². The normalized spacial score (nSPS) is 11.3. The van der Waals surface area contributed by atoms with E-state index in [2.05, 4.69) is 36.0 Å². The molecule has 2 aromatic carbocycles. The number of fused-ring (bicyclic) bond motifs is 2. The molecular weight excluding hydrogens is 510 g/mol. The predicted octanol–water partition coefficient (Wildman–Crippen LogP) is 6.25. The summed E-state index contributed by atoms with van der Waals surface area (Å²) in [5, 5.41) is 5.44. The summed E-state index contributed by atoms with van der Waals surface area (Å²) in [4.78, 5) is 13.2. The Bertz CT molecular complexity index is 1610. The molecule has 0 unspecified atom stereocenters. The number of methoxy groups -OCH3 is 1. The fourth-order valence-electron chi connectivity index (χ4n) is 3.81. The molecule has 0 N–H and O–H groups in total. The average molecular weight is 528 g/mol. The molecule has 6 aromatic rings. The van der Waals surface area contributed by atoms with E-state index in [9.17, 15) is 0 Å². The van der Waals surface area contributed by atoms with E-state index >= 15 is 0 Å². The number of benzene rings is 2. The van der Waals surface area contributed by atoms with Crippen molar-refractivity contribution >= 4 is 38.2 Å². The summed E-state index contributed by atoms with van der Waals surface area (Å²) in [5.74, 6) is 2.65. The first-order valence-corrected chi connectivity index (χ1v) is 11.6. The molecule has 0 bridgehead atoms. The lowest BCUT2D eigenvalue weighted by molar-refractivity contribution is 0.414. The number of hydrogen-bond donors (Lipinski definition) is 0. The molecule has 8 nitrogen and oxygen atoms in total. The van der Waals surface area contributed by atoms with E-state index in [1.54, 1.807) is 19.5 Å². The van der Waals surface area contributed by atoms with Gasteiger partial charge in [0.2, 0.25) is 5.89 Å². The van der Waals surface area contributed by atoms with Crippen molar-refractivity contribution < 1.29 is 13.9 Å². The number of rotatable bonds is 6. The van der Waals surface area contributed by atoms with Crippen molar-refractivity contribution in [1.82, 2.24) is 24.7 Å². The van der Waals surface area contributed by atoms with Crippen LogP contribution in [-0.2, 0) is 6.54 Å². The van der Waals surface area contributed by atoms with Gasteiger partial charge in [0.25, 0.3) is 0 Å². The van der Waals surface area contributed by atoms with E-state index in [1.165, 1.54) is 0 Å². The largest absolute Gasteiger partial charge is 0.497 e. The summed E-state index contributed by atoms with van der Waals surface area (Å²) in [6.45, 7) is 0.566. The van der Waals surface area contributed by atoms with Crippen molar-refractivity contribution in [2.45, 2.75) is 6.54 Å². The lowest BCUT2D eigenvalue weighted by atomic mass is 10.2. The zero-order valence-corrected chi connectivity index (χ0v) is 20.1. The van der Waals surface area contributed by atoms with Crippen LogP contribution in [0.3, 0.4) is 0 Å².